The number of carbonyl (C=O) groups is 2. The van der Waals surface area contributed by atoms with Gasteiger partial charge in [0.05, 0.1) is 16.8 Å². The summed E-state index contributed by atoms with van der Waals surface area (Å²) in [4.78, 5) is 29.4. The minimum absolute atomic E-state index is 0.348. The molecule has 1 aliphatic heterocycles. The fourth-order valence-electron chi connectivity index (χ4n) is 4.29. The smallest absolute Gasteiger partial charge is 0.340 e. The molecule has 5 rings (SSSR count). The van der Waals surface area contributed by atoms with E-state index in [1.807, 2.05) is 25.1 Å². The Kier molecular flexibility index (Phi) is 4.96. The number of ether oxygens (including phenoxy) is 3. The summed E-state index contributed by atoms with van der Waals surface area (Å²) in [5, 5.41) is 3.60. The minimum atomic E-state index is -0.581. The van der Waals surface area contributed by atoms with Crippen molar-refractivity contribution >= 4 is 28.5 Å². The Morgan fingerprint density at radius 3 is 2.62 bits per heavy atom. The van der Waals surface area contributed by atoms with Crippen LogP contribution in [0.15, 0.2) is 42.5 Å². The first-order valence-corrected chi connectivity index (χ1v) is 10.8. The van der Waals surface area contributed by atoms with Crippen molar-refractivity contribution < 1.29 is 23.8 Å². The molecular formula is C25H24N2O5. The fourth-order valence-corrected chi connectivity index (χ4v) is 4.29. The van der Waals surface area contributed by atoms with Gasteiger partial charge in [0.1, 0.15) is 0 Å². The van der Waals surface area contributed by atoms with E-state index in [2.05, 4.69) is 10.3 Å². The van der Waals surface area contributed by atoms with Gasteiger partial charge in [0.25, 0.3) is 11.7 Å². The number of benzene rings is 2. The summed E-state index contributed by atoms with van der Waals surface area (Å²) >= 11 is 0. The second kappa shape index (κ2) is 7.82. The van der Waals surface area contributed by atoms with Crippen molar-refractivity contribution in [2.24, 2.45) is 0 Å². The van der Waals surface area contributed by atoms with Crippen LogP contribution < -0.4 is 14.8 Å². The highest BCUT2D eigenvalue weighted by molar-refractivity contribution is 5.98. The van der Waals surface area contributed by atoms with E-state index in [9.17, 15) is 9.59 Å². The van der Waals surface area contributed by atoms with Crippen LogP contribution in [0.5, 0.6) is 11.5 Å². The first kappa shape index (κ1) is 20.3. The van der Waals surface area contributed by atoms with E-state index in [0.717, 1.165) is 42.1 Å². The standard InChI is InChI=1S/C25H24N2O5/c1-15-5-7-20-17(11-15)12-19(16(2)26-20)24(29)30-14-23(28)27-18-6-8-21-22(13-18)32-25(31-21)9-3-4-10-25/h5-8,11-13H,3-4,9-10,14H2,1-2H3,(H,27,28). The number of amides is 1. The number of rotatable bonds is 4. The van der Waals surface area contributed by atoms with Crippen molar-refractivity contribution in [2.75, 3.05) is 11.9 Å². The van der Waals surface area contributed by atoms with Gasteiger partial charge < -0.3 is 19.5 Å². The van der Waals surface area contributed by atoms with E-state index < -0.39 is 24.3 Å². The molecule has 1 amide bonds. The Morgan fingerprint density at radius 2 is 1.81 bits per heavy atom. The summed E-state index contributed by atoms with van der Waals surface area (Å²) in [5.41, 5.74) is 3.35. The monoisotopic (exact) mass is 432 g/mol. The van der Waals surface area contributed by atoms with Crippen LogP contribution in [0.4, 0.5) is 5.69 Å². The maximum Gasteiger partial charge on any atom is 0.340 e. The second-order valence-electron chi connectivity index (χ2n) is 8.43. The SMILES string of the molecule is Cc1ccc2nc(C)c(C(=O)OCC(=O)Nc3ccc4c(c3)OC3(CCCC3)O4)cc2c1. The number of hydrogen-bond donors (Lipinski definition) is 1. The van der Waals surface area contributed by atoms with Gasteiger partial charge in [-0.05, 0) is 57.0 Å². The van der Waals surface area contributed by atoms with E-state index in [-0.39, 0.29) is 0 Å². The van der Waals surface area contributed by atoms with Gasteiger partial charge in [-0.2, -0.15) is 0 Å². The third kappa shape index (κ3) is 3.86. The summed E-state index contributed by atoms with van der Waals surface area (Å²) < 4.78 is 17.3. The van der Waals surface area contributed by atoms with Crippen molar-refractivity contribution in [3.05, 3.63) is 59.3 Å². The van der Waals surface area contributed by atoms with E-state index in [0.29, 0.717) is 28.4 Å². The number of esters is 1. The van der Waals surface area contributed by atoms with Crippen LogP contribution in [0.3, 0.4) is 0 Å². The molecule has 1 aromatic heterocycles. The molecule has 2 heterocycles. The number of fused-ring (bicyclic) bond motifs is 2. The minimum Gasteiger partial charge on any atom is -0.452 e. The zero-order valence-electron chi connectivity index (χ0n) is 18.1. The zero-order valence-corrected chi connectivity index (χ0v) is 18.1. The number of aromatic nitrogens is 1. The molecule has 0 radical (unpaired) electrons. The van der Waals surface area contributed by atoms with E-state index in [4.69, 9.17) is 14.2 Å². The molecule has 1 saturated carbocycles. The predicted molar refractivity (Wildman–Crippen MR) is 119 cm³/mol. The van der Waals surface area contributed by atoms with E-state index in [1.165, 1.54) is 0 Å². The molecule has 0 unspecified atom stereocenters. The Hall–Kier alpha value is -3.61. The third-order valence-corrected chi connectivity index (χ3v) is 5.90. The number of nitrogens with zero attached hydrogens (tertiary/aromatic N) is 1. The molecule has 1 fully saturated rings. The van der Waals surface area contributed by atoms with Crippen molar-refractivity contribution in [2.45, 2.75) is 45.3 Å². The van der Waals surface area contributed by atoms with Crippen molar-refractivity contribution in [1.82, 2.24) is 4.98 Å². The fraction of sp³-hybridized carbons (Fsp3) is 0.320. The number of carbonyl (C=O) groups excluding carboxylic acids is 2. The average molecular weight is 432 g/mol. The molecule has 0 atom stereocenters. The summed E-state index contributed by atoms with van der Waals surface area (Å²) in [6, 6.07) is 12.9. The summed E-state index contributed by atoms with van der Waals surface area (Å²) in [6.45, 7) is 3.33. The quantitative estimate of drug-likeness (QED) is 0.602. The molecule has 2 aliphatic rings. The van der Waals surface area contributed by atoms with Gasteiger partial charge in [-0.1, -0.05) is 11.6 Å². The Labute approximate surface area is 185 Å². The second-order valence-corrected chi connectivity index (χ2v) is 8.43. The molecule has 1 aliphatic carbocycles. The lowest BCUT2D eigenvalue weighted by Gasteiger charge is -2.21. The van der Waals surface area contributed by atoms with E-state index >= 15 is 0 Å². The van der Waals surface area contributed by atoms with Gasteiger partial charge >= 0.3 is 5.97 Å². The van der Waals surface area contributed by atoms with Gasteiger partial charge in [0.15, 0.2) is 18.1 Å². The van der Waals surface area contributed by atoms with Gasteiger partial charge in [0.2, 0.25) is 0 Å². The molecule has 1 spiro atoms. The molecule has 3 aromatic rings. The molecule has 164 valence electrons. The highest BCUT2D eigenvalue weighted by Gasteiger charge is 2.44. The van der Waals surface area contributed by atoms with Gasteiger partial charge in [-0.15, -0.1) is 0 Å². The number of pyridine rings is 1. The van der Waals surface area contributed by atoms with Crippen LogP contribution in [0, 0.1) is 13.8 Å². The lowest BCUT2D eigenvalue weighted by molar-refractivity contribution is -0.119. The number of aryl methyl sites for hydroxylation is 2. The predicted octanol–water partition coefficient (Wildman–Crippen LogP) is 4.69. The van der Waals surface area contributed by atoms with Crippen molar-refractivity contribution in [1.29, 1.82) is 0 Å². The number of hydrogen-bond acceptors (Lipinski definition) is 6. The van der Waals surface area contributed by atoms with Crippen LogP contribution in [0.25, 0.3) is 10.9 Å². The molecule has 7 nitrogen and oxygen atoms in total. The van der Waals surface area contributed by atoms with Crippen molar-refractivity contribution in [3.63, 3.8) is 0 Å². The summed E-state index contributed by atoms with van der Waals surface area (Å²) in [6.07, 6.45) is 3.88. The largest absolute Gasteiger partial charge is 0.452 e. The van der Waals surface area contributed by atoms with Crippen LogP contribution in [0.1, 0.15) is 47.3 Å². The Morgan fingerprint density at radius 1 is 1.03 bits per heavy atom. The zero-order chi connectivity index (χ0) is 22.3. The van der Waals surface area contributed by atoms with Gasteiger partial charge in [-0.3, -0.25) is 9.78 Å². The maximum absolute atomic E-state index is 12.6. The topological polar surface area (TPSA) is 86.8 Å². The van der Waals surface area contributed by atoms with Crippen LogP contribution in [-0.2, 0) is 9.53 Å². The third-order valence-electron chi connectivity index (χ3n) is 5.90. The summed E-state index contributed by atoms with van der Waals surface area (Å²) in [5.74, 6) is -0.261. The van der Waals surface area contributed by atoms with Crippen molar-refractivity contribution in [3.8, 4) is 11.5 Å². The number of anilines is 1. The van der Waals surface area contributed by atoms with E-state index in [1.54, 1.807) is 31.2 Å². The van der Waals surface area contributed by atoms with Gasteiger partial charge in [0, 0.05) is 30.0 Å². The molecular weight excluding hydrogens is 408 g/mol. The molecule has 0 saturated heterocycles. The highest BCUT2D eigenvalue weighted by Crippen LogP contribution is 2.47. The first-order chi connectivity index (χ1) is 15.4. The maximum atomic E-state index is 12.6. The normalized spacial score (nSPS) is 15.8. The lowest BCUT2D eigenvalue weighted by atomic mass is 10.1. The average Bonchev–Trinajstić information content (AvgIpc) is 3.37. The Bertz CT molecular complexity index is 1230. The first-order valence-electron chi connectivity index (χ1n) is 10.8. The Balaban J connectivity index is 1.22. The number of nitrogens with one attached hydrogen (secondary N) is 1. The van der Waals surface area contributed by atoms with Crippen LogP contribution >= 0.6 is 0 Å². The van der Waals surface area contributed by atoms with Crippen LogP contribution in [-0.4, -0.2) is 29.3 Å². The van der Waals surface area contributed by atoms with Crippen LogP contribution in [0.2, 0.25) is 0 Å². The lowest BCUT2D eigenvalue weighted by Crippen LogP contribution is -2.34. The molecule has 1 N–H and O–H groups in total. The molecule has 0 bridgehead atoms. The molecule has 32 heavy (non-hydrogen) atoms. The summed E-state index contributed by atoms with van der Waals surface area (Å²) in [7, 11) is 0. The molecule has 7 heteroatoms. The molecule has 2 aromatic carbocycles. The highest BCUT2D eigenvalue weighted by atomic mass is 16.7. The van der Waals surface area contributed by atoms with Gasteiger partial charge in [-0.25, -0.2) is 4.79 Å².